The van der Waals surface area contributed by atoms with E-state index in [9.17, 15) is 0 Å². The van der Waals surface area contributed by atoms with Crippen LogP contribution in [-0.2, 0) is 0 Å². The van der Waals surface area contributed by atoms with Crippen LogP contribution in [0.4, 0.5) is 5.13 Å². The van der Waals surface area contributed by atoms with Crippen molar-refractivity contribution in [3.8, 4) is 0 Å². The average Bonchev–Trinajstić information content (AvgIpc) is 2.44. The minimum atomic E-state index is 0.132. The Bertz CT molecular complexity index is 285. The molecule has 0 saturated carbocycles. The molecule has 1 rings (SSSR count). The van der Waals surface area contributed by atoms with Crippen molar-refractivity contribution >= 4 is 16.5 Å². The lowest BCUT2D eigenvalue weighted by atomic mass is 9.94. The SMILES string of the molecule is Cc1nc(NCC(C)(C)CN)sc1C. The number of rotatable bonds is 4. The number of aryl methyl sites for hydroxylation is 2. The normalized spacial score (nSPS) is 11.8. The van der Waals surface area contributed by atoms with E-state index in [2.05, 4.69) is 31.1 Å². The Labute approximate surface area is 89.7 Å². The zero-order chi connectivity index (χ0) is 10.8. The maximum absolute atomic E-state index is 5.65. The molecule has 3 nitrogen and oxygen atoms in total. The van der Waals surface area contributed by atoms with Gasteiger partial charge in [0.15, 0.2) is 5.13 Å². The molecule has 4 heteroatoms. The topological polar surface area (TPSA) is 50.9 Å². The molecule has 0 atom stereocenters. The third kappa shape index (κ3) is 2.96. The second-order valence-corrected chi connectivity index (χ2v) is 5.59. The fraction of sp³-hybridized carbons (Fsp3) is 0.700. The summed E-state index contributed by atoms with van der Waals surface area (Å²) in [7, 11) is 0. The molecule has 80 valence electrons. The van der Waals surface area contributed by atoms with E-state index in [1.165, 1.54) is 4.88 Å². The molecule has 0 aliphatic carbocycles. The highest BCUT2D eigenvalue weighted by Crippen LogP contribution is 2.22. The molecular formula is C10H19N3S. The van der Waals surface area contributed by atoms with Gasteiger partial charge in [-0.1, -0.05) is 13.8 Å². The second-order valence-electron chi connectivity index (χ2n) is 4.38. The number of nitrogens with two attached hydrogens (primary N) is 1. The van der Waals surface area contributed by atoms with Gasteiger partial charge in [-0.25, -0.2) is 4.98 Å². The number of hydrogen-bond acceptors (Lipinski definition) is 4. The van der Waals surface area contributed by atoms with E-state index in [-0.39, 0.29) is 5.41 Å². The van der Waals surface area contributed by atoms with Crippen molar-refractivity contribution in [2.24, 2.45) is 11.1 Å². The summed E-state index contributed by atoms with van der Waals surface area (Å²) >= 11 is 1.70. The molecule has 1 heterocycles. The van der Waals surface area contributed by atoms with Crippen LogP contribution in [0, 0.1) is 19.3 Å². The summed E-state index contributed by atoms with van der Waals surface area (Å²) in [5.74, 6) is 0. The van der Waals surface area contributed by atoms with Crippen LogP contribution in [0.3, 0.4) is 0 Å². The average molecular weight is 213 g/mol. The zero-order valence-corrected chi connectivity index (χ0v) is 10.2. The van der Waals surface area contributed by atoms with Gasteiger partial charge in [0.25, 0.3) is 0 Å². The summed E-state index contributed by atoms with van der Waals surface area (Å²) in [6, 6.07) is 0. The Balaban J connectivity index is 2.54. The highest BCUT2D eigenvalue weighted by Gasteiger charge is 2.15. The molecule has 0 bridgehead atoms. The molecule has 0 fully saturated rings. The van der Waals surface area contributed by atoms with Crippen LogP contribution < -0.4 is 11.1 Å². The first kappa shape index (κ1) is 11.5. The van der Waals surface area contributed by atoms with Gasteiger partial charge >= 0.3 is 0 Å². The second kappa shape index (κ2) is 4.28. The molecule has 3 N–H and O–H groups in total. The van der Waals surface area contributed by atoms with Crippen molar-refractivity contribution < 1.29 is 0 Å². The molecule has 0 saturated heterocycles. The predicted molar refractivity (Wildman–Crippen MR) is 62.9 cm³/mol. The first-order valence-electron chi connectivity index (χ1n) is 4.82. The van der Waals surface area contributed by atoms with Crippen molar-refractivity contribution in [3.05, 3.63) is 10.6 Å². The van der Waals surface area contributed by atoms with Crippen LogP contribution >= 0.6 is 11.3 Å². The van der Waals surface area contributed by atoms with E-state index in [1.54, 1.807) is 11.3 Å². The fourth-order valence-electron chi connectivity index (χ4n) is 0.935. The number of aromatic nitrogens is 1. The molecule has 0 aliphatic rings. The van der Waals surface area contributed by atoms with Crippen molar-refractivity contribution in [3.63, 3.8) is 0 Å². The first-order valence-corrected chi connectivity index (χ1v) is 5.64. The lowest BCUT2D eigenvalue weighted by molar-refractivity contribution is 0.405. The van der Waals surface area contributed by atoms with Gasteiger partial charge in [0.1, 0.15) is 0 Å². The van der Waals surface area contributed by atoms with Gasteiger partial charge < -0.3 is 11.1 Å². The summed E-state index contributed by atoms with van der Waals surface area (Å²) < 4.78 is 0. The molecule has 0 amide bonds. The lowest BCUT2D eigenvalue weighted by Gasteiger charge is -2.22. The van der Waals surface area contributed by atoms with E-state index in [4.69, 9.17) is 5.73 Å². The van der Waals surface area contributed by atoms with Crippen LogP contribution in [0.25, 0.3) is 0 Å². The zero-order valence-electron chi connectivity index (χ0n) is 9.35. The van der Waals surface area contributed by atoms with E-state index < -0.39 is 0 Å². The summed E-state index contributed by atoms with van der Waals surface area (Å²) in [5.41, 5.74) is 6.89. The number of nitrogens with one attached hydrogen (secondary N) is 1. The van der Waals surface area contributed by atoms with Crippen LogP contribution in [0.2, 0.25) is 0 Å². The van der Waals surface area contributed by atoms with Crippen LogP contribution in [0.15, 0.2) is 0 Å². The maximum Gasteiger partial charge on any atom is 0.183 e. The molecule has 0 aliphatic heterocycles. The van der Waals surface area contributed by atoms with Crippen molar-refractivity contribution in [1.82, 2.24) is 4.98 Å². The largest absolute Gasteiger partial charge is 0.361 e. The third-order valence-corrected chi connectivity index (χ3v) is 3.33. The molecule has 0 spiro atoms. The number of hydrogen-bond donors (Lipinski definition) is 2. The lowest BCUT2D eigenvalue weighted by Crippen LogP contribution is -2.31. The number of nitrogens with zero attached hydrogens (tertiary/aromatic N) is 1. The van der Waals surface area contributed by atoms with E-state index in [0.29, 0.717) is 6.54 Å². The third-order valence-electron chi connectivity index (χ3n) is 2.30. The van der Waals surface area contributed by atoms with Gasteiger partial charge in [-0.3, -0.25) is 0 Å². The van der Waals surface area contributed by atoms with Crippen LogP contribution in [0.1, 0.15) is 24.4 Å². The Hall–Kier alpha value is -0.610. The standard InChI is InChI=1S/C10H19N3S/c1-7-8(2)14-9(13-7)12-6-10(3,4)5-11/h5-6,11H2,1-4H3,(H,12,13). The van der Waals surface area contributed by atoms with Crippen molar-refractivity contribution in [2.75, 3.05) is 18.4 Å². The molecule has 0 aromatic carbocycles. The van der Waals surface area contributed by atoms with Gasteiger partial charge in [0, 0.05) is 11.4 Å². The van der Waals surface area contributed by atoms with Gasteiger partial charge in [0.05, 0.1) is 5.69 Å². The van der Waals surface area contributed by atoms with E-state index in [0.717, 1.165) is 17.4 Å². The Morgan fingerprint density at radius 2 is 2.07 bits per heavy atom. The number of thiazole rings is 1. The highest BCUT2D eigenvalue weighted by molar-refractivity contribution is 7.15. The van der Waals surface area contributed by atoms with Crippen molar-refractivity contribution in [2.45, 2.75) is 27.7 Å². The molecule has 1 aromatic rings. The minimum absolute atomic E-state index is 0.132. The highest BCUT2D eigenvalue weighted by atomic mass is 32.1. The fourth-order valence-corrected chi connectivity index (χ4v) is 1.75. The van der Waals surface area contributed by atoms with E-state index in [1.807, 2.05) is 6.92 Å². The quantitative estimate of drug-likeness (QED) is 0.806. The Kier molecular flexibility index (Phi) is 3.50. The van der Waals surface area contributed by atoms with Crippen molar-refractivity contribution in [1.29, 1.82) is 0 Å². The minimum Gasteiger partial charge on any atom is -0.361 e. The first-order chi connectivity index (χ1) is 6.44. The predicted octanol–water partition coefficient (Wildman–Crippen LogP) is 2.16. The molecule has 0 unspecified atom stereocenters. The summed E-state index contributed by atoms with van der Waals surface area (Å²) in [6.07, 6.45) is 0. The van der Waals surface area contributed by atoms with E-state index >= 15 is 0 Å². The smallest absolute Gasteiger partial charge is 0.183 e. The van der Waals surface area contributed by atoms with Gasteiger partial charge in [0.2, 0.25) is 0 Å². The summed E-state index contributed by atoms with van der Waals surface area (Å²) in [5, 5.41) is 4.33. The maximum atomic E-state index is 5.65. The van der Waals surface area contributed by atoms with Crippen LogP contribution in [0.5, 0.6) is 0 Å². The van der Waals surface area contributed by atoms with Gasteiger partial charge in [-0.15, -0.1) is 11.3 Å². The molecule has 0 radical (unpaired) electrons. The summed E-state index contributed by atoms with van der Waals surface area (Å²) in [6.45, 7) is 9.97. The Morgan fingerprint density at radius 1 is 1.43 bits per heavy atom. The van der Waals surface area contributed by atoms with Gasteiger partial charge in [-0.2, -0.15) is 0 Å². The molecular weight excluding hydrogens is 194 g/mol. The van der Waals surface area contributed by atoms with Crippen LogP contribution in [-0.4, -0.2) is 18.1 Å². The molecule has 14 heavy (non-hydrogen) atoms. The molecule has 1 aromatic heterocycles. The monoisotopic (exact) mass is 213 g/mol. The van der Waals surface area contributed by atoms with Gasteiger partial charge in [-0.05, 0) is 25.8 Å². The Morgan fingerprint density at radius 3 is 2.50 bits per heavy atom. The number of anilines is 1. The summed E-state index contributed by atoms with van der Waals surface area (Å²) in [4.78, 5) is 5.69.